The van der Waals surface area contributed by atoms with Crippen molar-refractivity contribution in [3.63, 3.8) is 0 Å². The van der Waals surface area contributed by atoms with Crippen LogP contribution in [-0.2, 0) is 27.7 Å². The summed E-state index contributed by atoms with van der Waals surface area (Å²) in [6.45, 7) is 3.82. The van der Waals surface area contributed by atoms with Crippen LogP contribution in [0.3, 0.4) is 0 Å². The highest BCUT2D eigenvalue weighted by Crippen LogP contribution is 2.37. The zero-order chi connectivity index (χ0) is 29.7. The fourth-order valence-corrected chi connectivity index (χ4v) is 6.57. The van der Waals surface area contributed by atoms with Gasteiger partial charge in [-0.3, -0.25) is 19.6 Å². The molecule has 11 nitrogen and oxygen atoms in total. The molecule has 4 rings (SSSR count). The van der Waals surface area contributed by atoms with E-state index in [-0.39, 0.29) is 42.3 Å². The number of nitrogens with one attached hydrogen (secondary N) is 1. The van der Waals surface area contributed by atoms with E-state index in [0.717, 1.165) is 37.2 Å². The van der Waals surface area contributed by atoms with E-state index >= 15 is 0 Å². The summed E-state index contributed by atoms with van der Waals surface area (Å²) in [7, 11) is -4.26. The van der Waals surface area contributed by atoms with Gasteiger partial charge in [0.1, 0.15) is 17.2 Å². The molecule has 1 aromatic heterocycles. The minimum absolute atomic E-state index is 0.0592. The number of hydrogen-bond donors (Lipinski definition) is 2. The van der Waals surface area contributed by atoms with Gasteiger partial charge in [-0.1, -0.05) is 18.6 Å². The number of nitrogens with zero attached hydrogens (tertiary/aromatic N) is 4. The number of amides is 1. The normalized spacial score (nSPS) is 15.8. The molecule has 0 atom stereocenters. The lowest BCUT2D eigenvalue weighted by atomic mass is 9.94. The Hall–Kier alpha value is -3.69. The standard InChI is InChI=1S/C26H30F3N5O6S/c1-2-3-14-34-18-19(30-32-34)17-33-15-12-25(13-16-33,24(35)31-36)41(37,38)23-10-8-21(9-11-23)39-20-4-6-22(7-5-20)40-26(27,28)29/h4-11,18,36H,2-3,12-17H2,1H3,(H,31,35). The predicted octanol–water partition coefficient (Wildman–Crippen LogP) is 4.08. The predicted molar refractivity (Wildman–Crippen MR) is 139 cm³/mol. The van der Waals surface area contributed by atoms with Gasteiger partial charge in [0.25, 0.3) is 5.91 Å². The Kier molecular flexibility index (Phi) is 9.19. The second-order valence-electron chi connectivity index (χ2n) is 9.63. The molecule has 0 saturated carbocycles. The van der Waals surface area contributed by atoms with Crippen molar-refractivity contribution in [3.05, 3.63) is 60.4 Å². The van der Waals surface area contributed by atoms with E-state index in [1.165, 1.54) is 41.9 Å². The molecule has 0 radical (unpaired) electrons. The molecule has 15 heteroatoms. The third-order valence-electron chi connectivity index (χ3n) is 6.83. The average Bonchev–Trinajstić information content (AvgIpc) is 3.39. The summed E-state index contributed by atoms with van der Waals surface area (Å²) in [5.74, 6) is -1.01. The minimum atomic E-state index is -4.82. The number of piperidine rings is 1. The number of benzene rings is 2. The van der Waals surface area contributed by atoms with E-state index < -0.39 is 32.6 Å². The lowest BCUT2D eigenvalue weighted by molar-refractivity contribution is -0.274. The molecule has 1 aliphatic rings. The van der Waals surface area contributed by atoms with Gasteiger partial charge >= 0.3 is 6.36 Å². The number of carbonyl (C=O) groups excluding carboxylic acids is 1. The van der Waals surface area contributed by atoms with Crippen LogP contribution in [0.5, 0.6) is 17.2 Å². The maximum absolute atomic E-state index is 13.7. The highest BCUT2D eigenvalue weighted by Gasteiger charge is 2.53. The molecular formula is C26H30F3N5O6S. The first-order valence-electron chi connectivity index (χ1n) is 12.9. The molecule has 2 aromatic carbocycles. The number of carbonyl (C=O) groups is 1. The van der Waals surface area contributed by atoms with Crippen molar-refractivity contribution in [3.8, 4) is 17.2 Å². The third-order valence-corrected chi connectivity index (χ3v) is 9.35. The largest absolute Gasteiger partial charge is 0.573 e. The molecule has 41 heavy (non-hydrogen) atoms. The Labute approximate surface area is 234 Å². The number of aryl methyl sites for hydroxylation is 1. The highest BCUT2D eigenvalue weighted by molar-refractivity contribution is 7.93. The zero-order valence-corrected chi connectivity index (χ0v) is 23.0. The second-order valence-corrected chi connectivity index (χ2v) is 11.9. The van der Waals surface area contributed by atoms with Gasteiger partial charge in [0.2, 0.25) is 0 Å². The maximum atomic E-state index is 13.7. The number of hydrogen-bond acceptors (Lipinski definition) is 9. The third kappa shape index (κ3) is 7.15. The molecule has 1 amide bonds. The fraction of sp³-hybridized carbons (Fsp3) is 0.423. The van der Waals surface area contributed by atoms with Crippen LogP contribution in [0.15, 0.2) is 59.6 Å². The molecule has 0 bridgehead atoms. The molecule has 1 fully saturated rings. The molecule has 0 spiro atoms. The lowest BCUT2D eigenvalue weighted by Gasteiger charge is -2.39. The van der Waals surface area contributed by atoms with Gasteiger partial charge in [0, 0.05) is 32.4 Å². The number of halogens is 3. The molecule has 1 aliphatic heterocycles. The van der Waals surface area contributed by atoms with E-state index in [1.807, 2.05) is 11.1 Å². The first-order valence-corrected chi connectivity index (χ1v) is 14.4. The van der Waals surface area contributed by atoms with Crippen LogP contribution in [0.1, 0.15) is 38.3 Å². The van der Waals surface area contributed by atoms with Crippen LogP contribution >= 0.6 is 0 Å². The summed E-state index contributed by atoms with van der Waals surface area (Å²) in [4.78, 5) is 14.6. The summed E-state index contributed by atoms with van der Waals surface area (Å²) in [5.41, 5.74) is 2.27. The summed E-state index contributed by atoms with van der Waals surface area (Å²) in [5, 5.41) is 17.7. The smallest absolute Gasteiger partial charge is 0.457 e. The molecule has 0 unspecified atom stereocenters. The van der Waals surface area contributed by atoms with Gasteiger partial charge in [-0.2, -0.15) is 0 Å². The van der Waals surface area contributed by atoms with E-state index in [4.69, 9.17) is 4.74 Å². The monoisotopic (exact) mass is 597 g/mol. The van der Waals surface area contributed by atoms with E-state index in [0.29, 0.717) is 6.54 Å². The first-order chi connectivity index (χ1) is 19.5. The summed E-state index contributed by atoms with van der Waals surface area (Å²) in [6.07, 6.45) is -1.09. The first kappa shape index (κ1) is 30.3. The van der Waals surface area contributed by atoms with Crippen molar-refractivity contribution >= 4 is 15.7 Å². The highest BCUT2D eigenvalue weighted by atomic mass is 32.2. The summed E-state index contributed by atoms with van der Waals surface area (Å²) >= 11 is 0. The van der Waals surface area contributed by atoms with Crippen LogP contribution < -0.4 is 15.0 Å². The number of alkyl halides is 3. The number of unbranched alkanes of at least 4 members (excludes halogenated alkanes) is 1. The Morgan fingerprint density at radius 1 is 1.05 bits per heavy atom. The Morgan fingerprint density at radius 2 is 1.63 bits per heavy atom. The molecule has 0 aliphatic carbocycles. The summed E-state index contributed by atoms with van der Waals surface area (Å²) < 4.78 is 73.8. The number of sulfone groups is 1. The van der Waals surface area contributed by atoms with Crippen molar-refractivity contribution in [2.45, 2.75) is 61.7 Å². The number of likely N-dealkylation sites (tertiary alicyclic amines) is 1. The average molecular weight is 598 g/mol. The topological polar surface area (TPSA) is 136 Å². The number of rotatable bonds is 11. The summed E-state index contributed by atoms with van der Waals surface area (Å²) in [6, 6.07) is 10.00. The van der Waals surface area contributed by atoms with Crippen LogP contribution in [0.4, 0.5) is 13.2 Å². The molecule has 222 valence electrons. The SMILES string of the molecule is CCCCn1cc(CN2CCC(C(=O)NO)(S(=O)(=O)c3ccc(Oc4ccc(OC(F)(F)F)cc4)cc3)CC2)nn1. The van der Waals surface area contributed by atoms with E-state index in [1.54, 1.807) is 4.68 Å². The Balaban J connectivity index is 1.44. The van der Waals surface area contributed by atoms with Crippen LogP contribution in [0, 0.1) is 0 Å². The lowest BCUT2D eigenvalue weighted by Crippen LogP contribution is -2.57. The van der Waals surface area contributed by atoms with Gasteiger partial charge in [-0.15, -0.1) is 18.3 Å². The fourth-order valence-electron chi connectivity index (χ4n) is 4.62. The number of ether oxygens (including phenoxy) is 2. The molecule has 1 saturated heterocycles. The van der Waals surface area contributed by atoms with E-state index in [9.17, 15) is 31.6 Å². The van der Waals surface area contributed by atoms with Gasteiger partial charge in [0.05, 0.1) is 10.6 Å². The Morgan fingerprint density at radius 3 is 2.20 bits per heavy atom. The number of aromatic nitrogens is 3. The molecule has 3 aromatic rings. The van der Waals surface area contributed by atoms with Crippen LogP contribution in [0.25, 0.3) is 0 Å². The zero-order valence-electron chi connectivity index (χ0n) is 22.2. The maximum Gasteiger partial charge on any atom is 0.573 e. The van der Waals surface area contributed by atoms with Gasteiger partial charge in [-0.25, -0.2) is 13.9 Å². The Bertz CT molecular complexity index is 1420. The van der Waals surface area contributed by atoms with Gasteiger partial charge in [0.15, 0.2) is 14.6 Å². The van der Waals surface area contributed by atoms with Crippen molar-refractivity contribution < 1.29 is 41.1 Å². The van der Waals surface area contributed by atoms with Crippen molar-refractivity contribution in [1.82, 2.24) is 25.4 Å². The minimum Gasteiger partial charge on any atom is -0.457 e. The molecular weight excluding hydrogens is 567 g/mol. The van der Waals surface area contributed by atoms with E-state index in [2.05, 4.69) is 22.0 Å². The van der Waals surface area contributed by atoms with Crippen LogP contribution in [0.2, 0.25) is 0 Å². The number of hydroxylamine groups is 1. The van der Waals surface area contributed by atoms with Crippen LogP contribution in [-0.4, -0.2) is 63.6 Å². The van der Waals surface area contributed by atoms with Crippen molar-refractivity contribution in [1.29, 1.82) is 0 Å². The van der Waals surface area contributed by atoms with Gasteiger partial charge in [-0.05, 0) is 67.8 Å². The molecule has 2 heterocycles. The van der Waals surface area contributed by atoms with Crippen molar-refractivity contribution in [2.24, 2.45) is 0 Å². The van der Waals surface area contributed by atoms with Gasteiger partial charge < -0.3 is 9.47 Å². The second kappa shape index (κ2) is 12.4. The molecule has 2 N–H and O–H groups in total. The van der Waals surface area contributed by atoms with Crippen molar-refractivity contribution in [2.75, 3.05) is 13.1 Å². The quantitative estimate of drug-likeness (QED) is 0.248.